The van der Waals surface area contributed by atoms with Crippen LogP contribution >= 0.6 is 0 Å². The molecule has 1 amide bonds. The molecule has 15 heteroatoms. The first-order valence-electron chi connectivity index (χ1n) is 16.2. The van der Waals surface area contributed by atoms with Crippen molar-refractivity contribution in [1.82, 2.24) is 44.1 Å². The highest BCUT2D eigenvalue weighted by molar-refractivity contribution is 5.85. The molecule has 5 heterocycles. The van der Waals surface area contributed by atoms with Gasteiger partial charge < -0.3 is 28.8 Å². The number of fused-ring (bicyclic) bond motifs is 2. The largest absolute Gasteiger partial charge is 0.497 e. The number of aromatic nitrogens is 7. The quantitative estimate of drug-likeness (QED) is 0.219. The summed E-state index contributed by atoms with van der Waals surface area (Å²) in [5.41, 5.74) is 3.48. The van der Waals surface area contributed by atoms with Crippen molar-refractivity contribution >= 4 is 27.8 Å². The van der Waals surface area contributed by atoms with E-state index in [-0.39, 0.29) is 17.6 Å². The van der Waals surface area contributed by atoms with Gasteiger partial charge >= 0.3 is 6.18 Å². The van der Waals surface area contributed by atoms with Gasteiger partial charge in [-0.25, -0.2) is 15.0 Å². The molecule has 6 aromatic rings. The second kappa shape index (κ2) is 13.5. The molecule has 2 aromatic carbocycles. The lowest BCUT2D eigenvalue weighted by molar-refractivity contribution is -0.148. The number of benzene rings is 2. The third kappa shape index (κ3) is 6.47. The zero-order valence-corrected chi connectivity index (χ0v) is 27.8. The first-order chi connectivity index (χ1) is 24.1. The Labute approximate surface area is 285 Å². The van der Waals surface area contributed by atoms with Gasteiger partial charge in [-0.2, -0.15) is 18.3 Å². The lowest BCUT2D eigenvalue weighted by Crippen LogP contribution is -2.40. The van der Waals surface area contributed by atoms with E-state index in [9.17, 15) is 18.0 Å². The van der Waals surface area contributed by atoms with Gasteiger partial charge in [-0.15, -0.1) is 0 Å². The van der Waals surface area contributed by atoms with E-state index in [0.717, 1.165) is 34.1 Å². The minimum Gasteiger partial charge on any atom is -0.497 e. The summed E-state index contributed by atoms with van der Waals surface area (Å²) in [6.45, 7) is 1.60. The molecule has 12 nitrogen and oxygen atoms in total. The molecule has 1 aliphatic heterocycles. The van der Waals surface area contributed by atoms with Gasteiger partial charge in [-0.05, 0) is 36.8 Å². The smallest absolute Gasteiger partial charge is 0.449 e. The minimum absolute atomic E-state index is 0.119. The van der Waals surface area contributed by atoms with Gasteiger partial charge in [0.1, 0.15) is 18.1 Å². The van der Waals surface area contributed by atoms with Crippen LogP contribution in [0.15, 0.2) is 67.0 Å². The Bertz CT molecular complexity index is 2160. The molecule has 0 saturated carbocycles. The molecule has 4 aromatic heterocycles. The van der Waals surface area contributed by atoms with Crippen LogP contribution in [0.3, 0.4) is 0 Å². The number of methoxy groups -OCH3 is 2. The summed E-state index contributed by atoms with van der Waals surface area (Å²) in [4.78, 5) is 34.8. The number of alkyl halides is 3. The number of nitrogens with zero attached hydrogens (tertiary/aromatic N) is 8. The molecule has 1 unspecified atom stereocenters. The zero-order chi connectivity index (χ0) is 35.0. The van der Waals surface area contributed by atoms with E-state index in [1.165, 1.54) is 19.2 Å². The number of aryl methyl sites for hydroxylation is 1. The maximum atomic E-state index is 14.3. The Morgan fingerprint density at radius 3 is 2.60 bits per heavy atom. The van der Waals surface area contributed by atoms with Gasteiger partial charge in [-0.1, -0.05) is 18.2 Å². The van der Waals surface area contributed by atoms with Gasteiger partial charge in [0.25, 0.3) is 0 Å². The van der Waals surface area contributed by atoms with E-state index in [1.54, 1.807) is 30.5 Å². The molecule has 0 bridgehead atoms. The summed E-state index contributed by atoms with van der Waals surface area (Å²) < 4.78 is 56.5. The molecule has 1 saturated heterocycles. The summed E-state index contributed by atoms with van der Waals surface area (Å²) in [7, 11) is 4.88. The van der Waals surface area contributed by atoms with Crippen molar-refractivity contribution in [3.63, 3.8) is 0 Å². The minimum atomic E-state index is -4.78. The summed E-state index contributed by atoms with van der Waals surface area (Å²) in [5.74, 6) is -0.340. The Hall–Kier alpha value is -5.44. The molecule has 0 spiro atoms. The molecule has 7 rings (SSSR count). The molecule has 50 heavy (non-hydrogen) atoms. The van der Waals surface area contributed by atoms with Crippen LogP contribution in [0, 0.1) is 0 Å². The first kappa shape index (κ1) is 33.1. The van der Waals surface area contributed by atoms with Crippen molar-refractivity contribution in [2.45, 2.75) is 31.6 Å². The average molecular weight is 688 g/mol. The molecule has 1 atom stereocenters. The normalized spacial score (nSPS) is 15.9. The van der Waals surface area contributed by atoms with Gasteiger partial charge in [0.2, 0.25) is 17.6 Å². The maximum absolute atomic E-state index is 14.3. The molecule has 1 fully saturated rings. The predicted octanol–water partition coefficient (Wildman–Crippen LogP) is 5.26. The number of H-pyrrole nitrogens is 1. The Balaban J connectivity index is 1.23. The number of imidazole rings is 2. The molecule has 0 aliphatic carbocycles. The van der Waals surface area contributed by atoms with Gasteiger partial charge in [0, 0.05) is 63.0 Å². The second-order valence-electron chi connectivity index (χ2n) is 12.2. The molecule has 1 aliphatic rings. The number of para-hydroxylation sites is 1. The number of halogens is 3. The molecule has 260 valence electrons. The highest BCUT2D eigenvalue weighted by Gasteiger charge is 2.39. The first-order valence-corrected chi connectivity index (χ1v) is 16.2. The fraction of sp³-hybridized carbons (Fsp3) is 0.343. The number of ether oxygens (including phenoxy) is 2. The number of rotatable bonds is 9. The highest BCUT2D eigenvalue weighted by Crippen LogP contribution is 2.35. The van der Waals surface area contributed by atoms with Gasteiger partial charge in [0.05, 0.1) is 54.3 Å². The number of amides is 1. The fourth-order valence-corrected chi connectivity index (χ4v) is 6.62. The number of aromatic amines is 1. The van der Waals surface area contributed by atoms with Gasteiger partial charge in [-0.3, -0.25) is 9.48 Å². The van der Waals surface area contributed by atoms with Crippen LogP contribution in [-0.4, -0.2) is 90.4 Å². The zero-order valence-electron chi connectivity index (χ0n) is 27.8. The molecular weight excluding hydrogens is 651 g/mol. The molecule has 1 N–H and O–H groups in total. The molecular formula is C35H36F3N9O3. The average Bonchev–Trinajstić information content (AvgIpc) is 3.82. The second-order valence-corrected chi connectivity index (χ2v) is 12.2. The van der Waals surface area contributed by atoms with Crippen molar-refractivity contribution in [3.05, 3.63) is 84.3 Å². The van der Waals surface area contributed by atoms with Crippen molar-refractivity contribution in [2.24, 2.45) is 7.05 Å². The number of hydrogen-bond acceptors (Lipinski definition) is 8. The van der Waals surface area contributed by atoms with E-state index in [4.69, 9.17) is 14.5 Å². The number of pyridine rings is 1. The van der Waals surface area contributed by atoms with Crippen LogP contribution < -0.4 is 9.47 Å². The van der Waals surface area contributed by atoms with Crippen molar-refractivity contribution < 1.29 is 27.4 Å². The highest BCUT2D eigenvalue weighted by atomic mass is 19.4. The Morgan fingerprint density at radius 1 is 1.00 bits per heavy atom. The number of carbonyl (C=O) groups excluding carboxylic acids is 1. The number of nitrogens with one attached hydrogen (secondary N) is 1. The summed E-state index contributed by atoms with van der Waals surface area (Å²) in [6.07, 6.45) is -0.0906. The molecule has 0 radical (unpaired) electrons. The summed E-state index contributed by atoms with van der Waals surface area (Å²) in [5, 5.41) is 5.17. The van der Waals surface area contributed by atoms with E-state index in [0.29, 0.717) is 48.2 Å². The monoisotopic (exact) mass is 687 g/mol. The topological polar surface area (TPSA) is 119 Å². The van der Waals surface area contributed by atoms with Crippen LogP contribution in [0.1, 0.15) is 29.8 Å². The maximum Gasteiger partial charge on any atom is 0.449 e. The van der Waals surface area contributed by atoms with Crippen LogP contribution in [0.5, 0.6) is 11.6 Å². The van der Waals surface area contributed by atoms with Crippen molar-refractivity contribution in [3.8, 4) is 22.9 Å². The van der Waals surface area contributed by atoms with E-state index in [1.807, 2.05) is 48.1 Å². The summed E-state index contributed by atoms with van der Waals surface area (Å²) >= 11 is 0. The third-order valence-electron chi connectivity index (χ3n) is 9.27. The standard InChI is InChI=1S/C35H36F3N9O3/c1-44-23(10-13-40-44)11-14-45-15-12-29(32-39-20-28(41-32)25-18-22-6-4-5-7-26(22)42-33(25)50-3)46(17-16-45)31(48)21-47-30-19-24(49-2)8-9-27(30)43-34(47)35(36,37)38/h4-10,13,18-20,29H,11-12,14-17,21H2,1-3H3,(H,39,41). The Kier molecular flexibility index (Phi) is 8.90. The number of carbonyl (C=O) groups is 1. The van der Waals surface area contributed by atoms with E-state index in [2.05, 4.69) is 25.0 Å². The summed E-state index contributed by atoms with van der Waals surface area (Å²) in [6, 6.07) is 15.5. The van der Waals surface area contributed by atoms with Crippen LogP contribution in [-0.2, 0) is 31.0 Å². The Morgan fingerprint density at radius 2 is 1.84 bits per heavy atom. The fourth-order valence-electron chi connectivity index (χ4n) is 6.62. The lowest BCUT2D eigenvalue weighted by atomic mass is 10.1. The predicted molar refractivity (Wildman–Crippen MR) is 180 cm³/mol. The van der Waals surface area contributed by atoms with Crippen LogP contribution in [0.4, 0.5) is 13.2 Å². The lowest BCUT2D eigenvalue weighted by Gasteiger charge is -2.29. The van der Waals surface area contributed by atoms with E-state index < -0.39 is 30.5 Å². The van der Waals surface area contributed by atoms with Crippen molar-refractivity contribution in [2.75, 3.05) is 40.4 Å². The third-order valence-corrected chi connectivity index (χ3v) is 9.27. The van der Waals surface area contributed by atoms with Gasteiger partial charge in [0.15, 0.2) is 0 Å². The van der Waals surface area contributed by atoms with E-state index >= 15 is 0 Å². The van der Waals surface area contributed by atoms with Crippen LogP contribution in [0.2, 0.25) is 0 Å². The van der Waals surface area contributed by atoms with Crippen LogP contribution in [0.25, 0.3) is 33.2 Å². The number of hydrogen-bond donors (Lipinski definition) is 1. The van der Waals surface area contributed by atoms with Crippen molar-refractivity contribution in [1.29, 1.82) is 0 Å². The SMILES string of the molecule is COc1ccc2nc(C(F)(F)F)n(CC(=O)N3CCN(CCc4ccnn4C)CCC3c3ncc(-c4cc5ccccc5nc4OC)[nH]3)c2c1.